The number of hydrogen-bond donors (Lipinski definition) is 0. The van der Waals surface area contributed by atoms with Gasteiger partial charge in [0.15, 0.2) is 11.9 Å². The molecule has 4 heterocycles. The number of esters is 1. The van der Waals surface area contributed by atoms with Gasteiger partial charge in [0.05, 0.1) is 5.92 Å². The smallest absolute Gasteiger partial charge is 0.311 e. The molecule has 2 saturated carbocycles. The summed E-state index contributed by atoms with van der Waals surface area (Å²) in [5.41, 5.74) is -0.602. The van der Waals surface area contributed by atoms with Crippen LogP contribution in [-0.2, 0) is 28.8 Å². The average molecular weight is 409 g/mol. The lowest BCUT2D eigenvalue weighted by Gasteiger charge is -2.60. The topological polar surface area (TPSA) is 63.2 Å². The maximum atomic E-state index is 12.9. The van der Waals surface area contributed by atoms with Crippen LogP contribution in [0, 0.1) is 35.5 Å². The molecule has 2 aliphatic carbocycles. The standard InChI is InChI=1S/C23H36O6/c1-13-6-5-7-16(12-13)19(24)25-20-15(3)18-9-8-14(2)17-10-11-22(4)27-21(26-20)23(17,18)29-28-22/h13-18,20-21H,5-12H2,1-4H3/t13?,14-,15-,16?,17+,18?,20-,21-,22+,23?/m1/s1. The van der Waals surface area contributed by atoms with Crippen molar-refractivity contribution in [3.05, 3.63) is 0 Å². The molecule has 4 saturated heterocycles. The van der Waals surface area contributed by atoms with E-state index in [2.05, 4.69) is 20.8 Å². The summed E-state index contributed by atoms with van der Waals surface area (Å²) in [5.74, 6) is 0.760. The minimum Gasteiger partial charge on any atom is -0.435 e. The van der Waals surface area contributed by atoms with E-state index in [0.717, 1.165) is 44.9 Å². The zero-order valence-corrected chi connectivity index (χ0v) is 18.2. The number of ether oxygens (including phenoxy) is 3. The van der Waals surface area contributed by atoms with Gasteiger partial charge in [-0.2, -0.15) is 0 Å². The van der Waals surface area contributed by atoms with E-state index in [1.54, 1.807) is 0 Å². The summed E-state index contributed by atoms with van der Waals surface area (Å²) >= 11 is 0. The summed E-state index contributed by atoms with van der Waals surface area (Å²) in [6.07, 6.45) is 6.96. The number of rotatable bonds is 2. The molecule has 0 aromatic carbocycles. The molecule has 1 spiro atoms. The van der Waals surface area contributed by atoms with Crippen LogP contribution in [0.5, 0.6) is 0 Å². The zero-order valence-electron chi connectivity index (χ0n) is 18.2. The molecule has 4 aliphatic heterocycles. The molecule has 6 aliphatic rings. The molecule has 0 amide bonds. The summed E-state index contributed by atoms with van der Waals surface area (Å²) in [6, 6.07) is 0. The van der Waals surface area contributed by atoms with Crippen LogP contribution in [0.1, 0.15) is 79.1 Å². The summed E-state index contributed by atoms with van der Waals surface area (Å²) in [5, 5.41) is 0. The van der Waals surface area contributed by atoms with Gasteiger partial charge in [-0.3, -0.25) is 4.79 Å². The predicted octanol–water partition coefficient (Wildman–Crippen LogP) is 4.56. The lowest BCUT2D eigenvalue weighted by atomic mass is 9.58. The molecule has 29 heavy (non-hydrogen) atoms. The number of carbonyl (C=O) groups excluding carboxylic acids is 1. The van der Waals surface area contributed by atoms with E-state index in [1.807, 2.05) is 6.92 Å². The molecular weight excluding hydrogens is 372 g/mol. The highest BCUT2D eigenvalue weighted by Crippen LogP contribution is 2.60. The van der Waals surface area contributed by atoms with Gasteiger partial charge in [0, 0.05) is 18.3 Å². The fraction of sp³-hybridized carbons (Fsp3) is 0.957. The van der Waals surface area contributed by atoms with E-state index >= 15 is 0 Å². The van der Waals surface area contributed by atoms with Crippen LogP contribution in [0.2, 0.25) is 0 Å². The number of fused-ring (bicyclic) bond motifs is 2. The fourth-order valence-corrected chi connectivity index (χ4v) is 6.87. The third kappa shape index (κ3) is 3.17. The Morgan fingerprint density at radius 2 is 1.83 bits per heavy atom. The molecule has 0 aromatic rings. The van der Waals surface area contributed by atoms with Gasteiger partial charge < -0.3 is 14.2 Å². The van der Waals surface area contributed by atoms with Gasteiger partial charge in [0.25, 0.3) is 0 Å². The largest absolute Gasteiger partial charge is 0.435 e. The number of carbonyl (C=O) groups is 1. The predicted molar refractivity (Wildman–Crippen MR) is 104 cm³/mol. The number of hydrogen-bond acceptors (Lipinski definition) is 6. The Kier molecular flexibility index (Phi) is 5.01. The van der Waals surface area contributed by atoms with Gasteiger partial charge in [-0.15, -0.1) is 0 Å². The second kappa shape index (κ2) is 7.18. The van der Waals surface area contributed by atoms with E-state index in [9.17, 15) is 4.79 Å². The highest BCUT2D eigenvalue weighted by atomic mass is 17.3. The molecule has 6 rings (SSSR count). The Hall–Kier alpha value is -0.690. The van der Waals surface area contributed by atoms with Gasteiger partial charge >= 0.3 is 5.97 Å². The third-order valence-electron chi connectivity index (χ3n) is 8.60. The van der Waals surface area contributed by atoms with Crippen molar-refractivity contribution < 1.29 is 28.8 Å². The summed E-state index contributed by atoms with van der Waals surface area (Å²) in [6.45, 7) is 8.58. The maximum absolute atomic E-state index is 12.9. The molecule has 6 heteroatoms. The minimum absolute atomic E-state index is 0.00633. The molecule has 2 bridgehead atoms. The first-order chi connectivity index (χ1) is 13.8. The van der Waals surface area contributed by atoms with E-state index < -0.39 is 24.0 Å². The zero-order chi connectivity index (χ0) is 20.4. The SMILES string of the molecule is CC1CCCC(C(=O)O[C@@H]2O[C@@H]3O[C@]4(C)CC[C@H]5[C@H](C)CCC([C@H]2C)C35OO4)C1. The van der Waals surface area contributed by atoms with Crippen LogP contribution in [0.25, 0.3) is 0 Å². The normalized spacial score (nSPS) is 54.3. The second-order valence-electron chi connectivity index (χ2n) is 10.7. The first kappa shape index (κ1) is 20.2. The average Bonchev–Trinajstić information content (AvgIpc) is 2.92. The minimum atomic E-state index is -0.800. The van der Waals surface area contributed by atoms with E-state index in [0.29, 0.717) is 17.8 Å². The van der Waals surface area contributed by atoms with Gasteiger partial charge in [-0.25, -0.2) is 9.78 Å². The second-order valence-corrected chi connectivity index (χ2v) is 10.7. The highest BCUT2D eigenvalue weighted by Gasteiger charge is 2.69. The van der Waals surface area contributed by atoms with Gasteiger partial charge in [-0.05, 0) is 56.8 Å². The van der Waals surface area contributed by atoms with Crippen LogP contribution >= 0.6 is 0 Å². The van der Waals surface area contributed by atoms with Gasteiger partial charge in [-0.1, -0.05) is 33.6 Å². The Morgan fingerprint density at radius 1 is 1.00 bits per heavy atom. The third-order valence-corrected chi connectivity index (χ3v) is 8.60. The van der Waals surface area contributed by atoms with Crippen LogP contribution < -0.4 is 0 Å². The molecule has 164 valence electrons. The summed E-state index contributed by atoms with van der Waals surface area (Å²) < 4.78 is 18.7. The van der Waals surface area contributed by atoms with Crippen LogP contribution in [-0.4, -0.2) is 29.9 Å². The molecule has 10 atom stereocenters. The van der Waals surface area contributed by atoms with Gasteiger partial charge in [0.2, 0.25) is 12.1 Å². The molecular formula is C23H36O6. The van der Waals surface area contributed by atoms with E-state index in [-0.39, 0.29) is 23.7 Å². The molecule has 6 fully saturated rings. The lowest BCUT2D eigenvalue weighted by Crippen LogP contribution is -2.70. The highest BCUT2D eigenvalue weighted by molar-refractivity contribution is 5.72. The van der Waals surface area contributed by atoms with Crippen molar-refractivity contribution in [2.45, 2.75) is 103 Å². The van der Waals surface area contributed by atoms with Crippen molar-refractivity contribution >= 4 is 5.97 Å². The Morgan fingerprint density at radius 3 is 2.62 bits per heavy atom. The fourth-order valence-electron chi connectivity index (χ4n) is 6.87. The molecule has 0 radical (unpaired) electrons. The summed E-state index contributed by atoms with van der Waals surface area (Å²) in [4.78, 5) is 24.9. The molecule has 6 nitrogen and oxygen atoms in total. The Bertz CT molecular complexity index is 653. The van der Waals surface area contributed by atoms with E-state index in [1.165, 1.54) is 6.42 Å². The van der Waals surface area contributed by atoms with Gasteiger partial charge in [0.1, 0.15) is 0 Å². The van der Waals surface area contributed by atoms with Crippen molar-refractivity contribution in [3.8, 4) is 0 Å². The molecule has 0 aromatic heterocycles. The Balaban J connectivity index is 1.39. The molecule has 4 unspecified atom stereocenters. The van der Waals surface area contributed by atoms with Crippen molar-refractivity contribution in [3.63, 3.8) is 0 Å². The maximum Gasteiger partial charge on any atom is 0.311 e. The van der Waals surface area contributed by atoms with Crippen molar-refractivity contribution in [1.29, 1.82) is 0 Å². The first-order valence-corrected chi connectivity index (χ1v) is 11.7. The van der Waals surface area contributed by atoms with E-state index in [4.69, 9.17) is 24.0 Å². The monoisotopic (exact) mass is 408 g/mol. The van der Waals surface area contributed by atoms with Crippen molar-refractivity contribution in [2.24, 2.45) is 35.5 Å². The van der Waals surface area contributed by atoms with Crippen LogP contribution in [0.3, 0.4) is 0 Å². The molecule has 0 N–H and O–H groups in total. The van der Waals surface area contributed by atoms with Crippen LogP contribution in [0.4, 0.5) is 0 Å². The first-order valence-electron chi connectivity index (χ1n) is 11.7. The lowest BCUT2D eigenvalue weighted by molar-refractivity contribution is -0.576. The Labute approximate surface area is 173 Å². The van der Waals surface area contributed by atoms with Crippen LogP contribution in [0.15, 0.2) is 0 Å². The summed E-state index contributed by atoms with van der Waals surface area (Å²) in [7, 11) is 0. The van der Waals surface area contributed by atoms with Crippen molar-refractivity contribution in [1.82, 2.24) is 0 Å². The van der Waals surface area contributed by atoms with Crippen molar-refractivity contribution in [2.75, 3.05) is 0 Å². The quantitative estimate of drug-likeness (QED) is 0.493.